The Morgan fingerprint density at radius 2 is 1.70 bits per heavy atom. The van der Waals surface area contributed by atoms with Gasteiger partial charge in [0.15, 0.2) is 5.78 Å². The summed E-state index contributed by atoms with van der Waals surface area (Å²) in [6.45, 7) is 3.07. The summed E-state index contributed by atoms with van der Waals surface area (Å²) in [5.41, 5.74) is 0.489. The van der Waals surface area contributed by atoms with Gasteiger partial charge in [-0.1, -0.05) is 50.1 Å². The van der Waals surface area contributed by atoms with Crippen LogP contribution in [0.3, 0.4) is 0 Å². The predicted octanol–water partition coefficient (Wildman–Crippen LogP) is 3.47. The summed E-state index contributed by atoms with van der Waals surface area (Å²) in [4.78, 5) is 50.8. The molecule has 0 aromatic heterocycles. The number of Topliss-reactive ketones (excluding diaryl/α,β-unsaturated/α-hetero) is 1. The molecule has 0 spiro atoms. The molecule has 2 N–H and O–H groups in total. The van der Waals surface area contributed by atoms with Gasteiger partial charge in [-0.15, -0.1) is 0 Å². The van der Waals surface area contributed by atoms with E-state index in [2.05, 4.69) is 10.6 Å². The summed E-state index contributed by atoms with van der Waals surface area (Å²) in [5, 5.41) is 5.47. The van der Waals surface area contributed by atoms with Gasteiger partial charge in [0.1, 0.15) is 5.54 Å². The minimum atomic E-state index is -1.15. The monoisotopic (exact) mass is 407 g/mol. The Hall–Kier alpha value is -3.48. The van der Waals surface area contributed by atoms with E-state index in [1.54, 1.807) is 24.3 Å². The molecule has 1 fully saturated rings. The third-order valence-electron chi connectivity index (χ3n) is 5.18. The van der Waals surface area contributed by atoms with Crippen molar-refractivity contribution in [1.29, 1.82) is 0 Å². The SMILES string of the molecule is CCCCC1(c2ccccc2)NC(=O)N(CC(=O)c2ccc(NC(C)=O)cc2)C1=O. The van der Waals surface area contributed by atoms with Crippen LogP contribution in [0, 0.1) is 0 Å². The van der Waals surface area contributed by atoms with Crippen LogP contribution in [0.5, 0.6) is 0 Å². The van der Waals surface area contributed by atoms with Crippen LogP contribution in [0.4, 0.5) is 10.5 Å². The van der Waals surface area contributed by atoms with Crippen molar-refractivity contribution >= 4 is 29.3 Å². The summed E-state index contributed by atoms with van der Waals surface area (Å²) < 4.78 is 0. The van der Waals surface area contributed by atoms with Gasteiger partial charge in [-0.25, -0.2) is 4.79 Å². The Balaban J connectivity index is 1.81. The number of hydrogen-bond acceptors (Lipinski definition) is 4. The molecule has 2 aromatic carbocycles. The lowest BCUT2D eigenvalue weighted by atomic mass is 9.85. The van der Waals surface area contributed by atoms with E-state index in [-0.39, 0.29) is 18.2 Å². The molecule has 1 heterocycles. The number of amides is 4. The Morgan fingerprint density at radius 3 is 2.30 bits per heavy atom. The van der Waals surface area contributed by atoms with Gasteiger partial charge in [-0.05, 0) is 36.2 Å². The number of carbonyl (C=O) groups excluding carboxylic acids is 4. The lowest BCUT2D eigenvalue weighted by molar-refractivity contribution is -0.131. The zero-order chi connectivity index (χ0) is 21.7. The normalized spacial score (nSPS) is 18.3. The third kappa shape index (κ3) is 4.25. The molecule has 0 saturated carbocycles. The second-order valence-corrected chi connectivity index (χ2v) is 7.38. The van der Waals surface area contributed by atoms with E-state index in [1.165, 1.54) is 6.92 Å². The Labute approximate surface area is 175 Å². The Morgan fingerprint density at radius 1 is 1.03 bits per heavy atom. The van der Waals surface area contributed by atoms with Gasteiger partial charge < -0.3 is 10.6 Å². The zero-order valence-corrected chi connectivity index (χ0v) is 17.1. The number of carbonyl (C=O) groups is 4. The second-order valence-electron chi connectivity index (χ2n) is 7.38. The van der Waals surface area contributed by atoms with Crippen LogP contribution in [0.25, 0.3) is 0 Å². The lowest BCUT2D eigenvalue weighted by Crippen LogP contribution is -2.44. The summed E-state index contributed by atoms with van der Waals surface area (Å²) in [5.74, 6) is -0.972. The molecule has 30 heavy (non-hydrogen) atoms. The first-order valence-corrected chi connectivity index (χ1v) is 9.98. The summed E-state index contributed by atoms with van der Waals surface area (Å²) >= 11 is 0. The maximum atomic E-state index is 13.3. The molecule has 3 rings (SSSR count). The van der Waals surface area contributed by atoms with E-state index < -0.39 is 17.5 Å². The van der Waals surface area contributed by atoms with Crippen molar-refractivity contribution in [3.05, 3.63) is 65.7 Å². The van der Waals surface area contributed by atoms with Crippen LogP contribution in [0.2, 0.25) is 0 Å². The summed E-state index contributed by atoms with van der Waals surface area (Å²) in [6, 6.07) is 14.9. The first kappa shape index (κ1) is 21.2. The number of unbranched alkanes of at least 4 members (excludes halogenated alkanes) is 1. The Kier molecular flexibility index (Phi) is 6.30. The number of imide groups is 1. The number of benzene rings is 2. The molecule has 0 aliphatic carbocycles. The largest absolute Gasteiger partial charge is 0.326 e. The number of hydrogen-bond donors (Lipinski definition) is 2. The van der Waals surface area contributed by atoms with Gasteiger partial charge in [0, 0.05) is 18.2 Å². The van der Waals surface area contributed by atoms with Crippen molar-refractivity contribution in [2.45, 2.75) is 38.6 Å². The number of nitrogens with one attached hydrogen (secondary N) is 2. The van der Waals surface area contributed by atoms with Gasteiger partial charge >= 0.3 is 6.03 Å². The van der Waals surface area contributed by atoms with Gasteiger partial charge in [-0.3, -0.25) is 19.3 Å². The van der Waals surface area contributed by atoms with Crippen molar-refractivity contribution in [3.8, 4) is 0 Å². The molecule has 2 aromatic rings. The van der Waals surface area contributed by atoms with Crippen LogP contribution < -0.4 is 10.6 Å². The molecular formula is C23H25N3O4. The fraction of sp³-hybridized carbons (Fsp3) is 0.304. The number of nitrogens with zero attached hydrogens (tertiary/aromatic N) is 1. The summed E-state index contributed by atoms with van der Waals surface area (Å²) in [7, 11) is 0. The first-order valence-electron chi connectivity index (χ1n) is 9.98. The topological polar surface area (TPSA) is 95.6 Å². The number of urea groups is 1. The molecule has 0 bridgehead atoms. The van der Waals surface area contributed by atoms with Crippen LogP contribution in [0.1, 0.15) is 49.0 Å². The van der Waals surface area contributed by atoms with Crippen LogP contribution in [-0.2, 0) is 15.1 Å². The molecule has 0 radical (unpaired) electrons. The highest BCUT2D eigenvalue weighted by Gasteiger charge is 2.52. The van der Waals surface area contributed by atoms with Crippen LogP contribution in [0.15, 0.2) is 54.6 Å². The minimum absolute atomic E-state index is 0.210. The second kappa shape index (κ2) is 8.90. The number of rotatable bonds is 8. The fourth-order valence-electron chi connectivity index (χ4n) is 3.62. The number of anilines is 1. The van der Waals surface area contributed by atoms with Crippen molar-refractivity contribution in [2.24, 2.45) is 0 Å². The smallest absolute Gasteiger partial charge is 0.325 e. The fourth-order valence-corrected chi connectivity index (χ4v) is 3.62. The molecule has 156 valence electrons. The molecule has 1 aliphatic rings. The molecule has 4 amide bonds. The average Bonchev–Trinajstić information content (AvgIpc) is 2.98. The third-order valence-corrected chi connectivity index (χ3v) is 5.18. The number of ketones is 1. The van der Waals surface area contributed by atoms with Gasteiger partial charge in [0.2, 0.25) is 5.91 Å². The Bertz CT molecular complexity index is 956. The molecule has 1 atom stereocenters. The highest BCUT2D eigenvalue weighted by Crippen LogP contribution is 2.34. The van der Waals surface area contributed by atoms with E-state index >= 15 is 0 Å². The van der Waals surface area contributed by atoms with E-state index in [4.69, 9.17) is 0 Å². The maximum absolute atomic E-state index is 13.3. The first-order chi connectivity index (χ1) is 14.4. The highest BCUT2D eigenvalue weighted by atomic mass is 16.2. The van der Waals surface area contributed by atoms with Crippen molar-refractivity contribution in [3.63, 3.8) is 0 Å². The summed E-state index contributed by atoms with van der Waals surface area (Å²) in [6.07, 6.45) is 2.10. The quantitative estimate of drug-likeness (QED) is 0.517. The van der Waals surface area contributed by atoms with Crippen molar-refractivity contribution in [1.82, 2.24) is 10.2 Å². The minimum Gasteiger partial charge on any atom is -0.326 e. The highest BCUT2D eigenvalue weighted by molar-refractivity contribution is 6.11. The van der Waals surface area contributed by atoms with E-state index in [0.29, 0.717) is 23.2 Å². The molecule has 7 heteroatoms. The van der Waals surface area contributed by atoms with E-state index in [9.17, 15) is 19.2 Å². The average molecular weight is 407 g/mol. The molecular weight excluding hydrogens is 382 g/mol. The van der Waals surface area contributed by atoms with Gasteiger partial charge in [-0.2, -0.15) is 0 Å². The molecule has 1 unspecified atom stereocenters. The van der Waals surface area contributed by atoms with Crippen LogP contribution >= 0.6 is 0 Å². The molecule has 1 saturated heterocycles. The van der Waals surface area contributed by atoms with E-state index in [0.717, 1.165) is 17.7 Å². The molecule has 7 nitrogen and oxygen atoms in total. The maximum Gasteiger partial charge on any atom is 0.325 e. The van der Waals surface area contributed by atoms with E-state index in [1.807, 2.05) is 37.3 Å². The van der Waals surface area contributed by atoms with Crippen molar-refractivity contribution in [2.75, 3.05) is 11.9 Å². The lowest BCUT2D eigenvalue weighted by Gasteiger charge is -2.27. The van der Waals surface area contributed by atoms with Gasteiger partial charge in [0.25, 0.3) is 5.91 Å². The predicted molar refractivity (Wildman–Crippen MR) is 113 cm³/mol. The molecule has 1 aliphatic heterocycles. The standard InChI is InChI=1S/C23H25N3O4/c1-3-4-14-23(18-8-6-5-7-9-18)21(29)26(22(30)25-23)15-20(28)17-10-12-19(13-11-17)24-16(2)27/h5-13H,3-4,14-15H2,1-2H3,(H,24,27)(H,25,30). The zero-order valence-electron chi connectivity index (χ0n) is 17.1. The van der Waals surface area contributed by atoms with Gasteiger partial charge in [0.05, 0.1) is 6.54 Å². The van der Waals surface area contributed by atoms with Crippen LogP contribution in [-0.4, -0.2) is 35.1 Å². The van der Waals surface area contributed by atoms with Crippen molar-refractivity contribution < 1.29 is 19.2 Å².